The number of rotatable bonds is 6. The van der Waals surface area contributed by atoms with Crippen LogP contribution in [0.3, 0.4) is 0 Å². The molecule has 1 heterocycles. The Balaban J connectivity index is 1.67. The largest absolute Gasteiger partial charge is 0.345 e. The van der Waals surface area contributed by atoms with Gasteiger partial charge in [-0.1, -0.05) is 29.8 Å². The number of carbonyl (C=O) groups is 1. The quantitative estimate of drug-likeness (QED) is 0.392. The van der Waals surface area contributed by atoms with Gasteiger partial charge in [-0.15, -0.1) is 0 Å². The first-order valence-corrected chi connectivity index (χ1v) is 11.8. The molecule has 1 atom stereocenters. The minimum absolute atomic E-state index is 0.0249. The van der Waals surface area contributed by atoms with E-state index in [1.54, 1.807) is 6.07 Å². The second-order valence-electron chi connectivity index (χ2n) is 7.31. The van der Waals surface area contributed by atoms with Crippen molar-refractivity contribution in [2.24, 2.45) is 0 Å². The maximum atomic E-state index is 14.1. The monoisotopic (exact) mass is 502 g/mol. The summed E-state index contributed by atoms with van der Waals surface area (Å²) in [6, 6.07) is 10.9. The summed E-state index contributed by atoms with van der Waals surface area (Å²) in [5, 5.41) is 2.55. The van der Waals surface area contributed by atoms with Crippen LogP contribution in [0.1, 0.15) is 28.9 Å². The molecule has 34 heavy (non-hydrogen) atoms. The first-order chi connectivity index (χ1) is 16.2. The summed E-state index contributed by atoms with van der Waals surface area (Å²) in [5.74, 6) is -2.28. The Morgan fingerprint density at radius 1 is 1.03 bits per heavy atom. The smallest absolute Gasteiger partial charge is 0.264 e. The zero-order valence-electron chi connectivity index (χ0n) is 17.6. The number of carbonyl (C=O) groups excluding carboxylic acids is 1. The van der Waals surface area contributed by atoms with E-state index in [0.29, 0.717) is 11.6 Å². The highest BCUT2D eigenvalue weighted by molar-refractivity contribution is 7.93. The first kappa shape index (κ1) is 23.5. The molecule has 11 heteroatoms. The summed E-state index contributed by atoms with van der Waals surface area (Å²) in [6.45, 7) is 1.51. The fourth-order valence-corrected chi connectivity index (χ4v) is 4.94. The molecule has 2 N–H and O–H groups in total. The number of nitrogens with zero attached hydrogens (tertiary/aromatic N) is 2. The third-order valence-electron chi connectivity index (χ3n) is 5.02. The Morgan fingerprint density at radius 2 is 1.76 bits per heavy atom. The number of hydrogen-bond acceptors (Lipinski definition) is 5. The molecule has 7 nitrogen and oxygen atoms in total. The molecule has 0 saturated heterocycles. The van der Waals surface area contributed by atoms with E-state index in [-0.39, 0.29) is 32.2 Å². The van der Waals surface area contributed by atoms with Crippen LogP contribution < -0.4 is 10.0 Å². The van der Waals surface area contributed by atoms with Gasteiger partial charge in [0.1, 0.15) is 22.0 Å². The third kappa shape index (κ3) is 4.68. The molecule has 1 aromatic heterocycles. The molecule has 174 valence electrons. The number of amides is 1. The molecule has 0 aliphatic carbocycles. The maximum Gasteiger partial charge on any atom is 0.264 e. The van der Waals surface area contributed by atoms with Gasteiger partial charge < -0.3 is 5.32 Å². The fourth-order valence-electron chi connectivity index (χ4n) is 3.39. The highest BCUT2D eigenvalue weighted by Crippen LogP contribution is 2.30. The van der Waals surface area contributed by atoms with Crippen molar-refractivity contribution < 1.29 is 22.0 Å². The van der Waals surface area contributed by atoms with Crippen molar-refractivity contribution in [2.45, 2.75) is 17.9 Å². The topological polar surface area (TPSA) is 101 Å². The number of fused-ring (bicyclic) bond motifs is 1. The van der Waals surface area contributed by atoms with Gasteiger partial charge in [0.25, 0.3) is 15.9 Å². The van der Waals surface area contributed by atoms with Gasteiger partial charge in [-0.05, 0) is 37.3 Å². The molecule has 0 spiro atoms. The van der Waals surface area contributed by atoms with Crippen molar-refractivity contribution in [3.63, 3.8) is 0 Å². The van der Waals surface area contributed by atoms with Gasteiger partial charge in [0, 0.05) is 24.0 Å². The number of nitrogens with one attached hydrogen (secondary N) is 2. The Kier molecular flexibility index (Phi) is 6.45. The lowest BCUT2D eigenvalue weighted by Gasteiger charge is -2.18. The molecule has 0 aliphatic heterocycles. The van der Waals surface area contributed by atoms with Crippen LogP contribution in [0.15, 0.2) is 71.9 Å². The molecular formula is C23H17ClF2N4O3S. The van der Waals surface area contributed by atoms with Crippen LogP contribution in [0.5, 0.6) is 0 Å². The number of anilines is 1. The molecule has 3 aromatic carbocycles. The highest BCUT2D eigenvalue weighted by Gasteiger charge is 2.24. The Morgan fingerprint density at radius 3 is 2.53 bits per heavy atom. The summed E-state index contributed by atoms with van der Waals surface area (Å²) in [4.78, 5) is 21.0. The lowest BCUT2D eigenvalue weighted by molar-refractivity contribution is 0.0940. The van der Waals surface area contributed by atoms with E-state index < -0.39 is 33.6 Å². The summed E-state index contributed by atoms with van der Waals surface area (Å²) < 4.78 is 56.1. The number of halogens is 3. The SMILES string of the molecule is CC(NC(=O)c1cccc(Cl)c1NS(=O)(=O)c1cccc2nccnc12)c1ccc(F)cc1F. The fraction of sp³-hybridized carbons (Fsp3) is 0.0870. The summed E-state index contributed by atoms with van der Waals surface area (Å²) in [5.41, 5.74) is 0.341. The van der Waals surface area contributed by atoms with Crippen molar-refractivity contribution in [1.29, 1.82) is 0 Å². The van der Waals surface area contributed by atoms with Gasteiger partial charge in [-0.25, -0.2) is 17.2 Å². The van der Waals surface area contributed by atoms with Crippen molar-refractivity contribution in [1.82, 2.24) is 15.3 Å². The molecule has 4 rings (SSSR count). The molecular weight excluding hydrogens is 486 g/mol. The van der Waals surface area contributed by atoms with Crippen molar-refractivity contribution in [2.75, 3.05) is 4.72 Å². The molecule has 0 aliphatic rings. The van der Waals surface area contributed by atoms with Gasteiger partial charge >= 0.3 is 0 Å². The molecule has 0 radical (unpaired) electrons. The van der Waals surface area contributed by atoms with Gasteiger partial charge in [0.15, 0.2) is 0 Å². The number of para-hydroxylation sites is 2. The average Bonchev–Trinajstić information content (AvgIpc) is 2.79. The lowest BCUT2D eigenvalue weighted by Crippen LogP contribution is -2.28. The van der Waals surface area contributed by atoms with Crippen LogP contribution in [0.4, 0.5) is 14.5 Å². The molecule has 0 bridgehead atoms. The molecule has 1 unspecified atom stereocenters. The third-order valence-corrected chi connectivity index (χ3v) is 6.72. The van der Waals surface area contributed by atoms with E-state index in [4.69, 9.17) is 11.6 Å². The first-order valence-electron chi connectivity index (χ1n) is 9.94. The van der Waals surface area contributed by atoms with Crippen molar-refractivity contribution in [3.05, 3.63) is 94.8 Å². The Labute approximate surface area is 198 Å². The van der Waals surface area contributed by atoms with E-state index in [1.807, 2.05) is 0 Å². The van der Waals surface area contributed by atoms with Crippen LogP contribution >= 0.6 is 11.6 Å². The predicted molar refractivity (Wildman–Crippen MR) is 124 cm³/mol. The maximum absolute atomic E-state index is 14.1. The van der Waals surface area contributed by atoms with E-state index in [1.165, 1.54) is 55.7 Å². The van der Waals surface area contributed by atoms with E-state index >= 15 is 0 Å². The second-order valence-corrected chi connectivity index (χ2v) is 9.37. The van der Waals surface area contributed by atoms with Gasteiger partial charge in [0.05, 0.1) is 27.8 Å². The Hall–Kier alpha value is -3.63. The van der Waals surface area contributed by atoms with E-state index in [9.17, 15) is 22.0 Å². The van der Waals surface area contributed by atoms with Crippen LogP contribution in [0.2, 0.25) is 5.02 Å². The number of hydrogen-bond donors (Lipinski definition) is 2. The molecule has 4 aromatic rings. The van der Waals surface area contributed by atoms with E-state index in [0.717, 1.165) is 6.07 Å². The molecule has 1 amide bonds. The minimum atomic E-state index is -4.23. The molecule has 0 saturated carbocycles. The molecule has 0 fully saturated rings. The van der Waals surface area contributed by atoms with Crippen molar-refractivity contribution in [3.8, 4) is 0 Å². The van der Waals surface area contributed by atoms with E-state index in [2.05, 4.69) is 20.0 Å². The summed E-state index contributed by atoms with van der Waals surface area (Å²) in [6.07, 6.45) is 2.81. The van der Waals surface area contributed by atoms with Gasteiger partial charge in [-0.2, -0.15) is 0 Å². The lowest BCUT2D eigenvalue weighted by atomic mass is 10.1. The van der Waals surface area contributed by atoms with Crippen molar-refractivity contribution >= 4 is 44.3 Å². The number of sulfonamides is 1. The second kappa shape index (κ2) is 9.32. The van der Waals surface area contributed by atoms with Crippen LogP contribution in [0.25, 0.3) is 11.0 Å². The highest BCUT2D eigenvalue weighted by atomic mass is 35.5. The van der Waals surface area contributed by atoms with Crippen LogP contribution in [-0.2, 0) is 10.0 Å². The Bertz CT molecular complexity index is 1510. The zero-order chi connectivity index (χ0) is 24.5. The summed E-state index contributed by atoms with van der Waals surface area (Å²) >= 11 is 6.24. The van der Waals surface area contributed by atoms with Gasteiger partial charge in [-0.3, -0.25) is 19.5 Å². The summed E-state index contributed by atoms with van der Waals surface area (Å²) in [7, 11) is -4.23. The van der Waals surface area contributed by atoms with Crippen LogP contribution in [0, 0.1) is 11.6 Å². The predicted octanol–water partition coefficient (Wildman–Crippen LogP) is 4.85. The number of benzene rings is 3. The normalized spacial score (nSPS) is 12.4. The standard InChI is InChI=1S/C23H17ClF2N4O3S/c1-13(15-9-8-14(25)12-18(15)26)29-23(31)16-4-2-5-17(24)21(16)30-34(32,33)20-7-3-6-19-22(20)28-11-10-27-19/h2-13,30H,1H3,(H,29,31). The average molecular weight is 503 g/mol. The van der Waals surface area contributed by atoms with Crippen LogP contribution in [-0.4, -0.2) is 24.3 Å². The minimum Gasteiger partial charge on any atom is -0.345 e. The number of aromatic nitrogens is 2. The zero-order valence-corrected chi connectivity index (χ0v) is 19.2. The van der Waals surface area contributed by atoms with Gasteiger partial charge in [0.2, 0.25) is 0 Å².